The molecule has 3 nitrogen and oxygen atoms in total. The standard InChI is InChI=1S/C14H18BrNO2/c1-2-13(10-3-5-11(15)6-4-10)16(9-14(17)18)12-7-8-12/h3-6,12-13H,2,7-9H2,1H3,(H,17,18). The van der Waals surface area contributed by atoms with Crippen molar-refractivity contribution in [2.75, 3.05) is 6.54 Å². The maximum atomic E-state index is 11.0. The molecule has 0 spiro atoms. The van der Waals surface area contributed by atoms with Crippen LogP contribution in [0.25, 0.3) is 0 Å². The third-order valence-corrected chi connectivity index (χ3v) is 3.90. The van der Waals surface area contributed by atoms with Crippen molar-refractivity contribution in [3.05, 3.63) is 34.3 Å². The number of carbonyl (C=O) groups is 1. The van der Waals surface area contributed by atoms with Crippen LogP contribution in [0.1, 0.15) is 37.8 Å². The number of halogens is 1. The Hall–Kier alpha value is -0.870. The van der Waals surface area contributed by atoms with Gasteiger partial charge >= 0.3 is 5.97 Å². The zero-order valence-electron chi connectivity index (χ0n) is 10.5. The van der Waals surface area contributed by atoms with Crippen molar-refractivity contribution in [3.63, 3.8) is 0 Å². The van der Waals surface area contributed by atoms with E-state index in [2.05, 4.69) is 39.9 Å². The molecule has 1 saturated carbocycles. The molecule has 98 valence electrons. The van der Waals surface area contributed by atoms with Gasteiger partial charge in [-0.1, -0.05) is 35.0 Å². The van der Waals surface area contributed by atoms with Gasteiger partial charge in [0.2, 0.25) is 0 Å². The highest BCUT2D eigenvalue weighted by molar-refractivity contribution is 9.10. The first-order chi connectivity index (χ1) is 8.61. The van der Waals surface area contributed by atoms with E-state index in [1.807, 2.05) is 12.1 Å². The first kappa shape index (κ1) is 13.6. The molecule has 0 radical (unpaired) electrons. The van der Waals surface area contributed by atoms with Gasteiger partial charge in [0.15, 0.2) is 0 Å². The Kier molecular flexibility index (Phi) is 4.40. The first-order valence-corrected chi connectivity index (χ1v) is 7.14. The predicted octanol–water partition coefficient (Wildman–Crippen LogP) is 3.45. The topological polar surface area (TPSA) is 40.5 Å². The molecule has 1 atom stereocenters. The average molecular weight is 312 g/mol. The van der Waals surface area contributed by atoms with Gasteiger partial charge in [0.1, 0.15) is 0 Å². The minimum atomic E-state index is -0.738. The molecule has 1 unspecified atom stereocenters. The van der Waals surface area contributed by atoms with E-state index in [1.54, 1.807) is 0 Å². The quantitative estimate of drug-likeness (QED) is 0.874. The van der Waals surface area contributed by atoms with E-state index < -0.39 is 5.97 Å². The molecule has 0 amide bonds. The molecule has 1 aliphatic rings. The van der Waals surface area contributed by atoms with Crippen LogP contribution in [0.4, 0.5) is 0 Å². The Morgan fingerprint density at radius 3 is 2.50 bits per heavy atom. The number of hydrogen-bond acceptors (Lipinski definition) is 2. The lowest BCUT2D eigenvalue weighted by molar-refractivity contribution is -0.139. The molecule has 0 bridgehead atoms. The largest absolute Gasteiger partial charge is 0.480 e. The van der Waals surface area contributed by atoms with Crippen molar-refractivity contribution >= 4 is 21.9 Å². The van der Waals surface area contributed by atoms with Gasteiger partial charge in [-0.25, -0.2) is 0 Å². The fourth-order valence-electron chi connectivity index (χ4n) is 2.40. The van der Waals surface area contributed by atoms with Crippen LogP contribution in [-0.4, -0.2) is 28.6 Å². The number of benzene rings is 1. The van der Waals surface area contributed by atoms with Gasteiger partial charge in [0, 0.05) is 16.6 Å². The smallest absolute Gasteiger partial charge is 0.317 e. The normalized spacial score (nSPS) is 16.8. The number of carboxylic acids is 1. The summed E-state index contributed by atoms with van der Waals surface area (Å²) in [5.41, 5.74) is 1.20. The summed E-state index contributed by atoms with van der Waals surface area (Å²) < 4.78 is 1.05. The molecule has 2 rings (SSSR count). The number of aliphatic carboxylic acids is 1. The summed E-state index contributed by atoms with van der Waals surface area (Å²) in [4.78, 5) is 13.1. The van der Waals surface area contributed by atoms with Crippen LogP contribution in [0.5, 0.6) is 0 Å². The summed E-state index contributed by atoms with van der Waals surface area (Å²) in [6.45, 7) is 2.25. The molecule has 1 aromatic carbocycles. The number of rotatable bonds is 6. The monoisotopic (exact) mass is 311 g/mol. The Labute approximate surface area is 116 Å². The summed E-state index contributed by atoms with van der Waals surface area (Å²) >= 11 is 3.43. The number of hydrogen-bond donors (Lipinski definition) is 1. The maximum absolute atomic E-state index is 11.0. The van der Waals surface area contributed by atoms with Crippen LogP contribution in [-0.2, 0) is 4.79 Å². The van der Waals surface area contributed by atoms with E-state index in [9.17, 15) is 4.79 Å². The molecule has 1 aliphatic carbocycles. The Balaban J connectivity index is 2.18. The highest BCUT2D eigenvalue weighted by Crippen LogP contribution is 2.36. The second-order valence-corrected chi connectivity index (χ2v) is 5.69. The van der Waals surface area contributed by atoms with Crippen molar-refractivity contribution in [2.24, 2.45) is 0 Å². The summed E-state index contributed by atoms with van der Waals surface area (Å²) in [5.74, 6) is -0.738. The van der Waals surface area contributed by atoms with Crippen molar-refractivity contribution in [2.45, 2.75) is 38.3 Å². The van der Waals surface area contributed by atoms with Crippen molar-refractivity contribution in [1.82, 2.24) is 4.90 Å². The van der Waals surface area contributed by atoms with Crippen molar-refractivity contribution in [1.29, 1.82) is 0 Å². The molecular weight excluding hydrogens is 294 g/mol. The summed E-state index contributed by atoms with van der Waals surface area (Å²) in [6, 6.07) is 8.86. The second kappa shape index (κ2) is 5.85. The second-order valence-electron chi connectivity index (χ2n) is 4.77. The van der Waals surface area contributed by atoms with Gasteiger partial charge in [-0.15, -0.1) is 0 Å². The van der Waals surface area contributed by atoms with E-state index in [4.69, 9.17) is 5.11 Å². The van der Waals surface area contributed by atoms with Crippen LogP contribution >= 0.6 is 15.9 Å². The molecule has 1 fully saturated rings. The summed E-state index contributed by atoms with van der Waals surface area (Å²) in [6.07, 6.45) is 3.19. The third kappa shape index (κ3) is 3.33. The predicted molar refractivity (Wildman–Crippen MR) is 74.5 cm³/mol. The van der Waals surface area contributed by atoms with Crippen LogP contribution in [0, 0.1) is 0 Å². The highest BCUT2D eigenvalue weighted by atomic mass is 79.9. The lowest BCUT2D eigenvalue weighted by Crippen LogP contribution is -2.35. The van der Waals surface area contributed by atoms with Gasteiger partial charge < -0.3 is 5.11 Å². The molecule has 4 heteroatoms. The number of carboxylic acid groups (broad SMARTS) is 1. The minimum Gasteiger partial charge on any atom is -0.480 e. The average Bonchev–Trinajstić information content (AvgIpc) is 3.14. The van der Waals surface area contributed by atoms with Crippen LogP contribution < -0.4 is 0 Å². The van der Waals surface area contributed by atoms with E-state index in [0.717, 1.165) is 23.7 Å². The molecule has 0 aliphatic heterocycles. The molecule has 0 aromatic heterocycles. The van der Waals surface area contributed by atoms with Gasteiger partial charge in [-0.3, -0.25) is 9.69 Å². The van der Waals surface area contributed by atoms with Crippen LogP contribution in [0.3, 0.4) is 0 Å². The summed E-state index contributed by atoms with van der Waals surface area (Å²) in [7, 11) is 0. The van der Waals surface area contributed by atoms with Crippen molar-refractivity contribution < 1.29 is 9.90 Å². The molecular formula is C14H18BrNO2. The van der Waals surface area contributed by atoms with E-state index >= 15 is 0 Å². The first-order valence-electron chi connectivity index (χ1n) is 6.34. The lowest BCUT2D eigenvalue weighted by Gasteiger charge is -2.30. The molecule has 0 saturated heterocycles. The van der Waals surface area contributed by atoms with Crippen LogP contribution in [0.2, 0.25) is 0 Å². The van der Waals surface area contributed by atoms with Gasteiger partial charge in [-0.2, -0.15) is 0 Å². The van der Waals surface area contributed by atoms with Gasteiger partial charge in [0.25, 0.3) is 0 Å². The maximum Gasteiger partial charge on any atom is 0.317 e. The SMILES string of the molecule is CCC(c1ccc(Br)cc1)N(CC(=O)O)C1CC1. The Morgan fingerprint density at radius 2 is 2.06 bits per heavy atom. The van der Waals surface area contributed by atoms with E-state index in [-0.39, 0.29) is 12.6 Å². The van der Waals surface area contributed by atoms with E-state index in [1.165, 1.54) is 5.56 Å². The van der Waals surface area contributed by atoms with Gasteiger partial charge in [0.05, 0.1) is 6.54 Å². The summed E-state index contributed by atoms with van der Waals surface area (Å²) in [5, 5.41) is 9.05. The molecule has 18 heavy (non-hydrogen) atoms. The van der Waals surface area contributed by atoms with E-state index in [0.29, 0.717) is 6.04 Å². The van der Waals surface area contributed by atoms with Crippen LogP contribution in [0.15, 0.2) is 28.7 Å². The fourth-order valence-corrected chi connectivity index (χ4v) is 2.67. The van der Waals surface area contributed by atoms with Gasteiger partial charge in [-0.05, 0) is 37.0 Å². The minimum absolute atomic E-state index is 0.138. The highest BCUT2D eigenvalue weighted by Gasteiger charge is 2.35. The third-order valence-electron chi connectivity index (χ3n) is 3.38. The lowest BCUT2D eigenvalue weighted by atomic mass is 10.0. The fraction of sp³-hybridized carbons (Fsp3) is 0.500. The Morgan fingerprint density at radius 1 is 1.44 bits per heavy atom. The number of nitrogens with zero attached hydrogens (tertiary/aromatic N) is 1. The Bertz CT molecular complexity index is 414. The molecule has 1 N–H and O–H groups in total. The van der Waals surface area contributed by atoms with Crippen molar-refractivity contribution in [3.8, 4) is 0 Å². The molecule has 1 aromatic rings. The zero-order valence-corrected chi connectivity index (χ0v) is 12.1. The zero-order chi connectivity index (χ0) is 13.1. The molecule has 0 heterocycles.